The van der Waals surface area contributed by atoms with Gasteiger partial charge in [0.1, 0.15) is 11.8 Å². The van der Waals surface area contributed by atoms with Crippen molar-refractivity contribution in [2.75, 3.05) is 13.7 Å². The van der Waals surface area contributed by atoms with Crippen LogP contribution in [0.2, 0.25) is 0 Å². The predicted octanol–water partition coefficient (Wildman–Crippen LogP) is 1.19. The fourth-order valence-electron chi connectivity index (χ4n) is 3.57. The summed E-state index contributed by atoms with van der Waals surface area (Å²) in [6.07, 6.45) is 4.76. The van der Waals surface area contributed by atoms with E-state index in [1.54, 1.807) is 19.2 Å². The van der Waals surface area contributed by atoms with Gasteiger partial charge in [0.25, 0.3) is 5.91 Å². The highest BCUT2D eigenvalue weighted by molar-refractivity contribution is 6.08. The van der Waals surface area contributed by atoms with Gasteiger partial charge in [0.05, 0.1) is 18.9 Å². The molecule has 1 aromatic rings. The van der Waals surface area contributed by atoms with E-state index >= 15 is 0 Å². The molecule has 1 heterocycles. The average Bonchev–Trinajstić information content (AvgIpc) is 3.00. The molecule has 0 saturated carbocycles. The Bertz CT molecular complexity index is 806. The number of benzene rings is 1. The molecular weight excluding hydrogens is 376 g/mol. The molecule has 1 fully saturated rings. The van der Waals surface area contributed by atoms with E-state index in [0.717, 1.165) is 10.5 Å². The van der Waals surface area contributed by atoms with Crippen LogP contribution in [0.5, 0.6) is 5.75 Å². The second kappa shape index (κ2) is 8.89. The summed E-state index contributed by atoms with van der Waals surface area (Å²) in [5.41, 5.74) is 0.864. The molecule has 1 N–H and O–H groups in total. The Morgan fingerprint density at radius 3 is 2.24 bits per heavy atom. The zero-order chi connectivity index (χ0) is 21.0. The van der Waals surface area contributed by atoms with Gasteiger partial charge in [-0.25, -0.2) is 4.79 Å². The van der Waals surface area contributed by atoms with E-state index in [1.165, 1.54) is 6.92 Å². The summed E-state index contributed by atoms with van der Waals surface area (Å²) in [6, 6.07) is 6.12. The van der Waals surface area contributed by atoms with E-state index in [0.29, 0.717) is 18.6 Å². The largest absolute Gasteiger partial charge is 0.497 e. The van der Waals surface area contributed by atoms with Gasteiger partial charge in [0.15, 0.2) is 6.61 Å². The van der Waals surface area contributed by atoms with Crippen LogP contribution < -0.4 is 10.1 Å². The molecule has 29 heavy (non-hydrogen) atoms. The van der Waals surface area contributed by atoms with Crippen molar-refractivity contribution in [2.24, 2.45) is 11.8 Å². The Hall–Kier alpha value is -3.16. The van der Waals surface area contributed by atoms with Gasteiger partial charge < -0.3 is 14.8 Å². The molecule has 0 unspecified atom stereocenters. The number of hydrogen-bond donors (Lipinski definition) is 1. The van der Waals surface area contributed by atoms with E-state index in [-0.39, 0.29) is 18.4 Å². The summed E-state index contributed by atoms with van der Waals surface area (Å²) in [5, 5.41) is 2.65. The number of hydrogen-bond acceptors (Lipinski definition) is 6. The highest BCUT2D eigenvalue weighted by Gasteiger charge is 2.50. The molecule has 3 rings (SSSR count). The standard InChI is InChI=1S/C21H24N2O6/c1-13(23-19(25)16-5-3-4-6-17(16)20(23)26)21(27)29-12-18(24)22-11-14-7-9-15(28-2)10-8-14/h3-4,7-10,13,16-17H,5-6,11-12H2,1-2H3,(H,22,24)/t13-,16+,17+/m0/s1. The van der Waals surface area contributed by atoms with Crippen LogP contribution in [-0.2, 0) is 30.5 Å². The molecule has 2 aliphatic rings. The van der Waals surface area contributed by atoms with Crippen molar-refractivity contribution in [2.45, 2.75) is 32.4 Å². The van der Waals surface area contributed by atoms with Gasteiger partial charge in [-0.3, -0.25) is 19.3 Å². The summed E-state index contributed by atoms with van der Waals surface area (Å²) in [5.74, 6) is -2.05. The Kier molecular flexibility index (Phi) is 6.31. The summed E-state index contributed by atoms with van der Waals surface area (Å²) in [6.45, 7) is 1.23. The van der Waals surface area contributed by atoms with Crippen LogP contribution in [0.15, 0.2) is 36.4 Å². The number of carbonyl (C=O) groups excluding carboxylic acids is 4. The van der Waals surface area contributed by atoms with Gasteiger partial charge in [0.2, 0.25) is 11.8 Å². The smallest absolute Gasteiger partial charge is 0.329 e. The molecular formula is C21H24N2O6. The third-order valence-electron chi connectivity index (χ3n) is 5.26. The topological polar surface area (TPSA) is 102 Å². The molecule has 8 nitrogen and oxygen atoms in total. The lowest BCUT2D eigenvalue weighted by Gasteiger charge is -2.21. The van der Waals surface area contributed by atoms with Crippen LogP contribution in [0.25, 0.3) is 0 Å². The minimum absolute atomic E-state index is 0.273. The first-order valence-corrected chi connectivity index (χ1v) is 9.50. The van der Waals surface area contributed by atoms with Crippen molar-refractivity contribution in [3.8, 4) is 5.75 Å². The summed E-state index contributed by atoms with van der Waals surface area (Å²) in [4.78, 5) is 50.3. The van der Waals surface area contributed by atoms with Crippen LogP contribution in [0.1, 0.15) is 25.3 Å². The lowest BCUT2D eigenvalue weighted by atomic mass is 9.85. The molecule has 0 aromatic heterocycles. The Morgan fingerprint density at radius 2 is 1.69 bits per heavy atom. The minimum Gasteiger partial charge on any atom is -0.497 e. The second-order valence-electron chi connectivity index (χ2n) is 7.11. The second-order valence-corrected chi connectivity index (χ2v) is 7.11. The average molecular weight is 400 g/mol. The predicted molar refractivity (Wildman–Crippen MR) is 102 cm³/mol. The first-order chi connectivity index (χ1) is 13.9. The number of nitrogens with zero attached hydrogens (tertiary/aromatic N) is 1. The number of nitrogens with one attached hydrogen (secondary N) is 1. The summed E-state index contributed by atoms with van der Waals surface area (Å²) in [7, 11) is 1.57. The maximum Gasteiger partial charge on any atom is 0.329 e. The first kappa shape index (κ1) is 20.6. The third-order valence-corrected chi connectivity index (χ3v) is 5.26. The quantitative estimate of drug-likeness (QED) is 0.419. The lowest BCUT2D eigenvalue weighted by molar-refractivity contribution is -0.159. The number of amides is 3. The van der Waals surface area contributed by atoms with Gasteiger partial charge in [-0.2, -0.15) is 0 Å². The highest BCUT2D eigenvalue weighted by atomic mass is 16.5. The van der Waals surface area contributed by atoms with Crippen LogP contribution in [0.4, 0.5) is 0 Å². The van der Waals surface area contributed by atoms with E-state index < -0.39 is 36.4 Å². The number of likely N-dealkylation sites (tertiary alicyclic amines) is 1. The number of methoxy groups -OCH3 is 1. The normalized spacial score (nSPS) is 21.5. The number of rotatable bonds is 7. The van der Waals surface area contributed by atoms with E-state index in [9.17, 15) is 19.2 Å². The zero-order valence-electron chi connectivity index (χ0n) is 16.4. The minimum atomic E-state index is -1.06. The van der Waals surface area contributed by atoms with Crippen LogP contribution in [0, 0.1) is 11.8 Å². The van der Waals surface area contributed by atoms with E-state index in [2.05, 4.69) is 5.32 Å². The van der Waals surface area contributed by atoms with Gasteiger partial charge in [-0.05, 0) is 37.5 Å². The van der Waals surface area contributed by atoms with Crippen molar-refractivity contribution in [1.29, 1.82) is 0 Å². The molecule has 8 heteroatoms. The molecule has 0 radical (unpaired) electrons. The van der Waals surface area contributed by atoms with Crippen LogP contribution in [-0.4, -0.2) is 48.3 Å². The third kappa shape index (κ3) is 4.47. The Balaban J connectivity index is 1.47. The van der Waals surface area contributed by atoms with Crippen molar-refractivity contribution >= 4 is 23.7 Å². The van der Waals surface area contributed by atoms with Crippen molar-refractivity contribution in [1.82, 2.24) is 10.2 Å². The molecule has 1 saturated heterocycles. The number of esters is 1. The number of carbonyl (C=O) groups is 4. The fourth-order valence-corrected chi connectivity index (χ4v) is 3.57. The molecule has 3 atom stereocenters. The molecule has 1 aromatic carbocycles. The molecule has 0 spiro atoms. The number of allylic oxidation sites excluding steroid dienone is 2. The van der Waals surface area contributed by atoms with Gasteiger partial charge in [-0.15, -0.1) is 0 Å². The molecule has 3 amide bonds. The summed E-state index contributed by atoms with van der Waals surface area (Å²) < 4.78 is 10.1. The molecule has 1 aliphatic heterocycles. The van der Waals surface area contributed by atoms with Gasteiger partial charge in [0, 0.05) is 6.54 Å². The van der Waals surface area contributed by atoms with E-state index in [1.807, 2.05) is 24.3 Å². The van der Waals surface area contributed by atoms with Crippen LogP contribution >= 0.6 is 0 Å². The van der Waals surface area contributed by atoms with Crippen molar-refractivity contribution < 1.29 is 28.7 Å². The van der Waals surface area contributed by atoms with Crippen molar-refractivity contribution in [3.05, 3.63) is 42.0 Å². The highest BCUT2D eigenvalue weighted by Crippen LogP contribution is 2.36. The monoisotopic (exact) mass is 400 g/mol. The van der Waals surface area contributed by atoms with Gasteiger partial charge >= 0.3 is 5.97 Å². The molecule has 0 bridgehead atoms. The Labute approximate surface area is 168 Å². The van der Waals surface area contributed by atoms with Gasteiger partial charge in [-0.1, -0.05) is 24.3 Å². The lowest BCUT2D eigenvalue weighted by Crippen LogP contribution is -2.45. The maximum atomic E-state index is 12.5. The maximum absolute atomic E-state index is 12.5. The number of fused-ring (bicyclic) bond motifs is 1. The van der Waals surface area contributed by atoms with Crippen molar-refractivity contribution in [3.63, 3.8) is 0 Å². The molecule has 154 valence electrons. The SMILES string of the molecule is COc1ccc(CNC(=O)COC(=O)[C@H](C)N2C(=O)[C@@H]3CC=CC[C@H]3C2=O)cc1. The number of imide groups is 1. The van der Waals surface area contributed by atoms with E-state index in [4.69, 9.17) is 9.47 Å². The number of ether oxygens (including phenoxy) is 2. The molecule has 1 aliphatic carbocycles. The van der Waals surface area contributed by atoms with Crippen LogP contribution in [0.3, 0.4) is 0 Å². The fraction of sp³-hybridized carbons (Fsp3) is 0.429. The summed E-state index contributed by atoms with van der Waals surface area (Å²) >= 11 is 0. The zero-order valence-corrected chi connectivity index (χ0v) is 16.4. The first-order valence-electron chi connectivity index (χ1n) is 9.50. The Morgan fingerprint density at radius 1 is 1.10 bits per heavy atom.